The van der Waals surface area contributed by atoms with E-state index in [4.69, 9.17) is 5.11 Å². The number of likely N-dealkylation sites (tertiary alicyclic amines) is 1. The first-order chi connectivity index (χ1) is 15.1. The molecule has 0 spiro atoms. The normalized spacial score (nSPS) is 17.4. The van der Waals surface area contributed by atoms with E-state index in [2.05, 4.69) is 24.5 Å². The molecule has 0 saturated carbocycles. The van der Waals surface area contributed by atoms with E-state index in [1.54, 1.807) is 36.2 Å². The fourth-order valence-electron chi connectivity index (χ4n) is 4.22. The number of piperidine rings is 1. The summed E-state index contributed by atoms with van der Waals surface area (Å²) < 4.78 is 0. The monoisotopic (exact) mass is 447 g/mol. The second-order valence-electron chi connectivity index (χ2n) is 8.71. The Morgan fingerprint density at radius 3 is 2.09 bits per heavy atom. The van der Waals surface area contributed by atoms with Gasteiger partial charge in [0.15, 0.2) is 0 Å². The third-order valence-corrected chi connectivity index (χ3v) is 6.03. The maximum Gasteiger partial charge on any atom is 0.326 e. The Labute approximate surface area is 188 Å². The van der Waals surface area contributed by atoms with Crippen LogP contribution in [0.25, 0.3) is 0 Å². The number of rotatable bonds is 10. The molecule has 2 atom stereocenters. The van der Waals surface area contributed by atoms with Gasteiger partial charge in [-0.25, -0.2) is 4.79 Å². The first kappa shape index (κ1) is 25.3. The van der Waals surface area contributed by atoms with Crippen LogP contribution < -0.4 is 10.6 Å². The number of nitrogens with zero attached hydrogens (tertiary/aromatic N) is 1. The van der Waals surface area contributed by atoms with Crippen molar-refractivity contribution in [2.24, 2.45) is 5.92 Å². The molecule has 1 aliphatic rings. The number of aliphatic carboxylic acids is 2. The van der Waals surface area contributed by atoms with E-state index in [0.29, 0.717) is 38.3 Å². The van der Waals surface area contributed by atoms with Gasteiger partial charge in [0.1, 0.15) is 6.04 Å². The van der Waals surface area contributed by atoms with Crippen molar-refractivity contribution in [3.05, 3.63) is 35.9 Å². The summed E-state index contributed by atoms with van der Waals surface area (Å²) in [7, 11) is 1.76. The molecule has 0 aromatic heterocycles. The van der Waals surface area contributed by atoms with E-state index in [0.717, 1.165) is 5.56 Å². The topological polar surface area (TPSA) is 136 Å². The summed E-state index contributed by atoms with van der Waals surface area (Å²) in [5.41, 5.74) is -0.325. The molecule has 4 N–H and O–H groups in total. The van der Waals surface area contributed by atoms with Gasteiger partial charge in [0.05, 0.1) is 17.9 Å². The Kier molecular flexibility index (Phi) is 8.77. The van der Waals surface area contributed by atoms with Crippen molar-refractivity contribution in [1.82, 2.24) is 15.5 Å². The summed E-state index contributed by atoms with van der Waals surface area (Å²) >= 11 is 0. The van der Waals surface area contributed by atoms with Crippen LogP contribution in [-0.4, -0.2) is 71.1 Å². The number of benzene rings is 1. The lowest BCUT2D eigenvalue weighted by molar-refractivity contribution is -0.148. The van der Waals surface area contributed by atoms with Gasteiger partial charge in [-0.1, -0.05) is 44.2 Å². The number of carbonyl (C=O) groups is 4. The maximum atomic E-state index is 13.3. The zero-order chi connectivity index (χ0) is 23.9. The maximum absolute atomic E-state index is 13.3. The van der Waals surface area contributed by atoms with Gasteiger partial charge in [-0.15, -0.1) is 0 Å². The Balaban J connectivity index is 2.25. The van der Waals surface area contributed by atoms with E-state index in [1.165, 1.54) is 0 Å². The highest BCUT2D eigenvalue weighted by molar-refractivity contribution is 5.93. The van der Waals surface area contributed by atoms with E-state index in [-0.39, 0.29) is 11.9 Å². The molecule has 0 unspecified atom stereocenters. The molecule has 1 aromatic carbocycles. The van der Waals surface area contributed by atoms with Gasteiger partial charge in [0, 0.05) is 13.1 Å². The van der Waals surface area contributed by atoms with Crippen LogP contribution in [-0.2, 0) is 24.6 Å². The highest BCUT2D eigenvalue weighted by Gasteiger charge is 2.45. The minimum Gasteiger partial charge on any atom is -0.481 e. The van der Waals surface area contributed by atoms with Crippen LogP contribution in [0.4, 0.5) is 0 Å². The number of carbonyl (C=O) groups excluding carboxylic acids is 2. The van der Waals surface area contributed by atoms with Gasteiger partial charge in [-0.05, 0) is 37.8 Å². The number of nitrogens with one attached hydrogen (secondary N) is 2. The molecular weight excluding hydrogens is 414 g/mol. The lowest BCUT2D eigenvalue weighted by atomic mass is 9.71. The van der Waals surface area contributed by atoms with Gasteiger partial charge in [0.25, 0.3) is 0 Å². The summed E-state index contributed by atoms with van der Waals surface area (Å²) in [6.07, 6.45) is 0.611. The molecule has 32 heavy (non-hydrogen) atoms. The first-order valence-electron chi connectivity index (χ1n) is 10.9. The SMILES string of the molecule is CN[C@@H](CC(C)C)C(=O)N1CCC(C(=O)N[C@@H](CC(=O)O)C(=O)O)(c2ccccc2)CC1. The van der Waals surface area contributed by atoms with Crippen molar-refractivity contribution in [2.45, 2.75) is 57.0 Å². The Bertz CT molecular complexity index is 818. The van der Waals surface area contributed by atoms with E-state index < -0.39 is 35.7 Å². The van der Waals surface area contributed by atoms with Crippen LogP contribution in [0, 0.1) is 5.92 Å². The first-order valence-corrected chi connectivity index (χ1v) is 10.9. The highest BCUT2D eigenvalue weighted by atomic mass is 16.4. The Hall–Kier alpha value is -2.94. The van der Waals surface area contributed by atoms with Gasteiger partial charge in [-0.3, -0.25) is 14.4 Å². The summed E-state index contributed by atoms with van der Waals surface area (Å²) in [5.74, 6) is -2.91. The molecule has 176 valence electrons. The number of hydrogen-bond donors (Lipinski definition) is 4. The quantitative estimate of drug-likeness (QED) is 0.423. The van der Waals surface area contributed by atoms with Crippen molar-refractivity contribution in [2.75, 3.05) is 20.1 Å². The van der Waals surface area contributed by atoms with Crippen LogP contribution in [0.1, 0.15) is 45.1 Å². The lowest BCUT2D eigenvalue weighted by Crippen LogP contribution is -2.57. The molecule has 9 nitrogen and oxygen atoms in total. The van der Waals surface area contributed by atoms with Crippen molar-refractivity contribution in [3.63, 3.8) is 0 Å². The second kappa shape index (κ2) is 11.1. The molecule has 1 heterocycles. The van der Waals surface area contributed by atoms with Crippen LogP contribution >= 0.6 is 0 Å². The van der Waals surface area contributed by atoms with Crippen molar-refractivity contribution in [3.8, 4) is 0 Å². The number of hydrogen-bond acceptors (Lipinski definition) is 5. The zero-order valence-electron chi connectivity index (χ0n) is 18.8. The summed E-state index contributed by atoms with van der Waals surface area (Å²) in [6, 6.07) is 7.20. The fourth-order valence-corrected chi connectivity index (χ4v) is 4.22. The molecule has 0 radical (unpaired) electrons. The van der Waals surface area contributed by atoms with Crippen LogP contribution in [0.15, 0.2) is 30.3 Å². The molecule has 2 rings (SSSR count). The smallest absolute Gasteiger partial charge is 0.326 e. The predicted octanol–water partition coefficient (Wildman–Crippen LogP) is 1.23. The summed E-state index contributed by atoms with van der Waals surface area (Å²) in [6.45, 7) is 4.78. The van der Waals surface area contributed by atoms with Gasteiger partial charge in [-0.2, -0.15) is 0 Å². The van der Waals surface area contributed by atoms with Crippen molar-refractivity contribution < 1.29 is 29.4 Å². The number of carboxylic acids is 2. The molecule has 1 saturated heterocycles. The molecule has 0 bridgehead atoms. The molecule has 1 fully saturated rings. The lowest BCUT2D eigenvalue weighted by Gasteiger charge is -2.42. The standard InChI is InChI=1S/C23H33N3O6/c1-15(2)13-17(24-3)20(29)26-11-9-23(10-12-26,16-7-5-4-6-8-16)22(32)25-18(21(30)31)14-19(27)28/h4-8,15,17-18,24H,9-14H2,1-3H3,(H,25,32)(H,27,28)(H,30,31)/t17-,18-/m0/s1. The Morgan fingerprint density at radius 2 is 1.62 bits per heavy atom. The molecule has 1 aromatic rings. The molecule has 1 aliphatic heterocycles. The fraction of sp³-hybridized carbons (Fsp3) is 0.565. The van der Waals surface area contributed by atoms with Crippen LogP contribution in [0.3, 0.4) is 0 Å². The van der Waals surface area contributed by atoms with Gasteiger partial charge >= 0.3 is 11.9 Å². The predicted molar refractivity (Wildman–Crippen MR) is 118 cm³/mol. The summed E-state index contributed by atoms with van der Waals surface area (Å²) in [5, 5.41) is 23.9. The third kappa shape index (κ3) is 6.06. The van der Waals surface area contributed by atoms with Crippen molar-refractivity contribution in [1.29, 1.82) is 0 Å². The Morgan fingerprint density at radius 1 is 1.03 bits per heavy atom. The second-order valence-corrected chi connectivity index (χ2v) is 8.71. The largest absolute Gasteiger partial charge is 0.481 e. The van der Waals surface area contributed by atoms with E-state index in [9.17, 15) is 24.3 Å². The zero-order valence-corrected chi connectivity index (χ0v) is 18.8. The number of amides is 2. The minimum absolute atomic E-state index is 0.0161. The molecule has 9 heteroatoms. The van der Waals surface area contributed by atoms with E-state index in [1.807, 2.05) is 6.07 Å². The number of likely N-dealkylation sites (N-methyl/N-ethyl adjacent to an activating group) is 1. The van der Waals surface area contributed by atoms with Gasteiger partial charge < -0.3 is 25.7 Å². The average Bonchev–Trinajstić information content (AvgIpc) is 2.76. The summed E-state index contributed by atoms with van der Waals surface area (Å²) in [4.78, 5) is 50.6. The minimum atomic E-state index is -1.53. The average molecular weight is 448 g/mol. The number of carboxylic acid groups (broad SMARTS) is 2. The third-order valence-electron chi connectivity index (χ3n) is 6.03. The molecular formula is C23H33N3O6. The van der Waals surface area contributed by atoms with Crippen LogP contribution in [0.5, 0.6) is 0 Å². The molecule has 0 aliphatic carbocycles. The van der Waals surface area contributed by atoms with Crippen LogP contribution in [0.2, 0.25) is 0 Å². The van der Waals surface area contributed by atoms with Crippen molar-refractivity contribution >= 4 is 23.8 Å². The van der Waals surface area contributed by atoms with Gasteiger partial charge in [0.2, 0.25) is 11.8 Å². The molecule has 2 amide bonds. The highest BCUT2D eigenvalue weighted by Crippen LogP contribution is 2.36. The van der Waals surface area contributed by atoms with E-state index >= 15 is 0 Å².